The van der Waals surface area contributed by atoms with Crippen molar-refractivity contribution in [1.29, 1.82) is 0 Å². The molecule has 2 aromatic heterocycles. The van der Waals surface area contributed by atoms with Gasteiger partial charge in [-0.1, -0.05) is 48.9 Å². The van der Waals surface area contributed by atoms with Crippen molar-refractivity contribution in [2.45, 2.75) is 26.1 Å². The van der Waals surface area contributed by atoms with Gasteiger partial charge in [-0.15, -0.1) is 0 Å². The molecule has 168 valence electrons. The van der Waals surface area contributed by atoms with Gasteiger partial charge in [0, 0.05) is 12.3 Å². The number of nitrogens with zero attached hydrogens (tertiary/aromatic N) is 2. The number of ether oxygens (including phenoxy) is 2. The van der Waals surface area contributed by atoms with E-state index in [1.165, 1.54) is 16.7 Å². The van der Waals surface area contributed by atoms with Gasteiger partial charge in [-0.2, -0.15) is 0 Å². The molecule has 33 heavy (non-hydrogen) atoms. The highest BCUT2D eigenvalue weighted by atomic mass is 35.5. The molecule has 0 saturated carbocycles. The van der Waals surface area contributed by atoms with Crippen LogP contribution in [0.15, 0.2) is 83.8 Å². The monoisotopic (exact) mass is 463 g/mol. The Morgan fingerprint density at radius 1 is 1.09 bits per heavy atom. The van der Waals surface area contributed by atoms with Crippen molar-refractivity contribution in [1.82, 2.24) is 9.38 Å². The first-order valence-corrected chi connectivity index (χ1v) is 10.8. The highest BCUT2D eigenvalue weighted by molar-refractivity contribution is 6.30. The predicted octanol–water partition coefficient (Wildman–Crippen LogP) is 4.72. The summed E-state index contributed by atoms with van der Waals surface area (Å²) in [6.45, 7) is 1.94. The zero-order chi connectivity index (χ0) is 23.2. The number of amides is 1. The highest BCUT2D eigenvalue weighted by Crippen LogP contribution is 2.25. The lowest BCUT2D eigenvalue weighted by Crippen LogP contribution is -2.32. The molecular weight excluding hydrogens is 442 g/mol. The fourth-order valence-corrected chi connectivity index (χ4v) is 3.41. The maximum atomic E-state index is 12.8. The van der Waals surface area contributed by atoms with E-state index in [1.54, 1.807) is 48.5 Å². The van der Waals surface area contributed by atoms with Crippen LogP contribution in [-0.2, 0) is 11.4 Å². The van der Waals surface area contributed by atoms with Gasteiger partial charge in [-0.3, -0.25) is 14.0 Å². The first-order valence-electron chi connectivity index (χ1n) is 10.5. The molecular formula is C25H22ClN3O4. The molecule has 2 heterocycles. The number of benzene rings is 2. The molecule has 0 saturated heterocycles. The Labute approximate surface area is 195 Å². The molecule has 1 atom stereocenters. The van der Waals surface area contributed by atoms with Gasteiger partial charge in [0.2, 0.25) is 0 Å². The second-order valence-corrected chi connectivity index (χ2v) is 7.70. The molecule has 0 aliphatic heterocycles. The number of nitrogens with one attached hydrogen (secondary N) is 1. The van der Waals surface area contributed by atoms with Crippen molar-refractivity contribution in [2.24, 2.45) is 0 Å². The topological polar surface area (TPSA) is 81.9 Å². The van der Waals surface area contributed by atoms with Gasteiger partial charge in [0.25, 0.3) is 11.5 Å². The fourth-order valence-electron chi connectivity index (χ4n) is 3.25. The van der Waals surface area contributed by atoms with Gasteiger partial charge < -0.3 is 14.8 Å². The van der Waals surface area contributed by atoms with Crippen molar-refractivity contribution >= 4 is 28.8 Å². The average Bonchev–Trinajstić information content (AvgIpc) is 2.83. The van der Waals surface area contributed by atoms with E-state index in [-0.39, 0.29) is 18.1 Å². The van der Waals surface area contributed by atoms with E-state index in [9.17, 15) is 9.59 Å². The summed E-state index contributed by atoms with van der Waals surface area (Å²) in [6.07, 6.45) is 1.36. The summed E-state index contributed by atoms with van der Waals surface area (Å²) in [5.74, 6) is 0.800. The summed E-state index contributed by atoms with van der Waals surface area (Å²) >= 11 is 5.95. The number of halogens is 1. The van der Waals surface area contributed by atoms with Crippen molar-refractivity contribution in [2.75, 3.05) is 5.32 Å². The molecule has 2 aromatic carbocycles. The largest absolute Gasteiger partial charge is 0.485 e. The standard InChI is InChI=1S/C25H22ClN3O4/c1-2-21(33-19-8-4-3-5-9-19)25(31)28-20-10-6-7-11-22(20)32-16-18-14-24(30)29-15-17(26)12-13-23(29)27-18/h3-15,21H,2,16H2,1H3,(H,28,31)/t21-/m0/s1. The summed E-state index contributed by atoms with van der Waals surface area (Å²) in [5.41, 5.74) is 1.17. The molecule has 1 amide bonds. The molecule has 0 aliphatic rings. The van der Waals surface area contributed by atoms with E-state index in [0.29, 0.717) is 40.0 Å². The average molecular weight is 464 g/mol. The Morgan fingerprint density at radius 3 is 2.64 bits per heavy atom. The molecule has 0 spiro atoms. The van der Waals surface area contributed by atoms with E-state index in [2.05, 4.69) is 10.3 Å². The molecule has 4 aromatic rings. The normalized spacial score (nSPS) is 11.7. The van der Waals surface area contributed by atoms with Crippen LogP contribution in [0.5, 0.6) is 11.5 Å². The number of fused-ring (bicyclic) bond motifs is 1. The SMILES string of the molecule is CC[C@H](Oc1ccccc1)C(=O)Nc1ccccc1OCc1cc(=O)n2cc(Cl)ccc2n1. The first-order chi connectivity index (χ1) is 16.0. The third kappa shape index (κ3) is 5.51. The lowest BCUT2D eigenvalue weighted by Gasteiger charge is -2.18. The number of carbonyl (C=O) groups excluding carboxylic acids is 1. The van der Waals surface area contributed by atoms with Gasteiger partial charge in [0.1, 0.15) is 23.8 Å². The minimum atomic E-state index is -0.658. The number of aromatic nitrogens is 2. The smallest absolute Gasteiger partial charge is 0.265 e. The fraction of sp³-hybridized carbons (Fsp3) is 0.160. The Balaban J connectivity index is 1.47. The predicted molar refractivity (Wildman–Crippen MR) is 127 cm³/mol. The van der Waals surface area contributed by atoms with Crippen LogP contribution in [0, 0.1) is 0 Å². The Kier molecular flexibility index (Phi) is 6.90. The maximum Gasteiger partial charge on any atom is 0.265 e. The molecule has 1 N–H and O–H groups in total. The summed E-state index contributed by atoms with van der Waals surface area (Å²) in [4.78, 5) is 29.6. The second kappa shape index (κ2) is 10.2. The first kappa shape index (κ1) is 22.4. The van der Waals surface area contributed by atoms with Crippen LogP contribution in [0.25, 0.3) is 5.65 Å². The minimum absolute atomic E-state index is 0.0545. The highest BCUT2D eigenvalue weighted by Gasteiger charge is 2.20. The third-order valence-electron chi connectivity index (χ3n) is 4.88. The molecule has 7 nitrogen and oxygen atoms in total. The van der Waals surface area contributed by atoms with Gasteiger partial charge in [0.05, 0.1) is 16.4 Å². The van der Waals surface area contributed by atoms with Gasteiger partial charge in [-0.25, -0.2) is 4.98 Å². The number of hydrogen-bond donors (Lipinski definition) is 1. The van der Waals surface area contributed by atoms with Crippen molar-refractivity contribution < 1.29 is 14.3 Å². The van der Waals surface area contributed by atoms with Crippen molar-refractivity contribution in [3.8, 4) is 11.5 Å². The van der Waals surface area contributed by atoms with Crippen molar-refractivity contribution in [3.63, 3.8) is 0 Å². The van der Waals surface area contributed by atoms with E-state index in [0.717, 1.165) is 0 Å². The van der Waals surface area contributed by atoms with Crippen LogP contribution >= 0.6 is 11.6 Å². The lowest BCUT2D eigenvalue weighted by molar-refractivity contribution is -0.122. The number of hydrogen-bond acceptors (Lipinski definition) is 5. The van der Waals surface area contributed by atoms with Gasteiger partial charge in [0.15, 0.2) is 6.10 Å². The van der Waals surface area contributed by atoms with Crippen LogP contribution in [0.1, 0.15) is 19.0 Å². The Morgan fingerprint density at radius 2 is 1.85 bits per heavy atom. The number of anilines is 1. The third-order valence-corrected chi connectivity index (χ3v) is 5.11. The van der Waals surface area contributed by atoms with Crippen LogP contribution in [0.4, 0.5) is 5.69 Å². The van der Waals surface area contributed by atoms with Gasteiger partial charge >= 0.3 is 0 Å². The number of carbonyl (C=O) groups is 1. The van der Waals surface area contributed by atoms with Crippen LogP contribution in [0.2, 0.25) is 5.02 Å². The quantitative estimate of drug-likeness (QED) is 0.408. The Hall–Kier alpha value is -3.84. The van der Waals surface area contributed by atoms with E-state index < -0.39 is 6.10 Å². The molecule has 0 unspecified atom stereocenters. The summed E-state index contributed by atoms with van der Waals surface area (Å²) in [7, 11) is 0. The lowest BCUT2D eigenvalue weighted by atomic mass is 10.2. The molecule has 8 heteroatoms. The van der Waals surface area contributed by atoms with E-state index >= 15 is 0 Å². The molecule has 0 aliphatic carbocycles. The zero-order valence-corrected chi connectivity index (χ0v) is 18.7. The van der Waals surface area contributed by atoms with Crippen LogP contribution < -0.4 is 20.3 Å². The number of pyridine rings is 1. The van der Waals surface area contributed by atoms with Crippen LogP contribution in [0.3, 0.4) is 0 Å². The Bertz CT molecular complexity index is 1320. The molecule has 0 fully saturated rings. The summed E-state index contributed by atoms with van der Waals surface area (Å²) in [6, 6.07) is 21.0. The molecule has 0 bridgehead atoms. The number of para-hydroxylation sites is 3. The van der Waals surface area contributed by atoms with Crippen molar-refractivity contribution in [3.05, 3.63) is 100 Å². The van der Waals surface area contributed by atoms with E-state index in [1.807, 2.05) is 25.1 Å². The maximum absolute atomic E-state index is 12.8. The second-order valence-electron chi connectivity index (χ2n) is 7.26. The molecule has 0 radical (unpaired) electrons. The minimum Gasteiger partial charge on any atom is -0.485 e. The number of rotatable bonds is 8. The zero-order valence-electron chi connectivity index (χ0n) is 17.9. The summed E-state index contributed by atoms with van der Waals surface area (Å²) < 4.78 is 13.1. The van der Waals surface area contributed by atoms with Gasteiger partial charge in [-0.05, 0) is 42.8 Å². The molecule has 4 rings (SSSR count). The van der Waals surface area contributed by atoms with E-state index in [4.69, 9.17) is 21.1 Å². The summed E-state index contributed by atoms with van der Waals surface area (Å²) in [5, 5.41) is 3.32. The van der Waals surface area contributed by atoms with Crippen LogP contribution in [-0.4, -0.2) is 21.4 Å².